The van der Waals surface area contributed by atoms with Crippen molar-refractivity contribution in [2.24, 2.45) is 11.3 Å². The summed E-state index contributed by atoms with van der Waals surface area (Å²) in [5.74, 6) is 0.162. The van der Waals surface area contributed by atoms with Gasteiger partial charge in [0.25, 0.3) is 5.91 Å². The van der Waals surface area contributed by atoms with Crippen LogP contribution in [0.15, 0.2) is 48.5 Å². The first-order valence-electron chi connectivity index (χ1n) is 12.3. The minimum atomic E-state index is -0.193. The number of nitrogens with one attached hydrogen (secondary N) is 1. The van der Waals surface area contributed by atoms with Gasteiger partial charge in [0.15, 0.2) is 0 Å². The van der Waals surface area contributed by atoms with Crippen molar-refractivity contribution < 1.29 is 14.7 Å². The van der Waals surface area contributed by atoms with Crippen LogP contribution < -0.4 is 5.32 Å². The standard InChI is InChI=1S/C28H35ClN2O3/c1-28(2)18-31(15-14-24(28)20-10-12-22(29)13-11-20)27(34)23-8-3-4-9-25(23)30-26(33)21-7-5-6-19(16-21)17-32/h5-7,10-13,16,23-25,32H,3-4,8-9,14-15,17-18H2,1-2H3,(H,30,33). The molecule has 6 heteroatoms. The molecular formula is C28H35ClN2O3. The summed E-state index contributed by atoms with van der Waals surface area (Å²) in [5, 5.41) is 13.3. The minimum absolute atomic E-state index is 0.0557. The fourth-order valence-corrected chi connectivity index (χ4v) is 5.88. The summed E-state index contributed by atoms with van der Waals surface area (Å²) in [6.07, 6.45) is 4.55. The van der Waals surface area contributed by atoms with Crippen LogP contribution in [0.3, 0.4) is 0 Å². The molecule has 1 saturated carbocycles. The lowest BCUT2D eigenvalue weighted by Crippen LogP contribution is -2.54. The Bertz CT molecular complexity index is 1020. The van der Waals surface area contributed by atoms with Crippen LogP contribution in [-0.2, 0) is 11.4 Å². The highest BCUT2D eigenvalue weighted by atomic mass is 35.5. The summed E-state index contributed by atoms with van der Waals surface area (Å²) in [6.45, 7) is 5.80. The van der Waals surface area contributed by atoms with E-state index in [1.807, 2.05) is 17.0 Å². The fourth-order valence-electron chi connectivity index (χ4n) is 5.75. The summed E-state index contributed by atoms with van der Waals surface area (Å²) < 4.78 is 0. The molecule has 182 valence electrons. The molecule has 5 nitrogen and oxygen atoms in total. The van der Waals surface area contributed by atoms with Crippen molar-refractivity contribution in [3.8, 4) is 0 Å². The molecule has 3 atom stereocenters. The number of hydrogen-bond donors (Lipinski definition) is 2. The van der Waals surface area contributed by atoms with Gasteiger partial charge in [-0.05, 0) is 66.0 Å². The zero-order valence-electron chi connectivity index (χ0n) is 20.1. The molecule has 2 aromatic rings. The Morgan fingerprint density at radius 3 is 2.53 bits per heavy atom. The number of carbonyl (C=O) groups is 2. The molecule has 34 heavy (non-hydrogen) atoms. The Hall–Kier alpha value is -2.37. The lowest BCUT2D eigenvalue weighted by atomic mass is 9.70. The summed E-state index contributed by atoms with van der Waals surface area (Å²) in [4.78, 5) is 28.6. The highest BCUT2D eigenvalue weighted by molar-refractivity contribution is 6.30. The molecule has 2 aromatic carbocycles. The van der Waals surface area contributed by atoms with Crippen LogP contribution in [0.2, 0.25) is 5.02 Å². The predicted molar refractivity (Wildman–Crippen MR) is 135 cm³/mol. The Balaban J connectivity index is 1.44. The molecule has 4 rings (SSSR count). The van der Waals surface area contributed by atoms with Gasteiger partial charge in [-0.1, -0.05) is 62.6 Å². The van der Waals surface area contributed by atoms with E-state index in [1.165, 1.54) is 5.56 Å². The van der Waals surface area contributed by atoms with Gasteiger partial charge >= 0.3 is 0 Å². The molecule has 1 aliphatic carbocycles. The Morgan fingerprint density at radius 2 is 1.82 bits per heavy atom. The van der Waals surface area contributed by atoms with E-state index in [2.05, 4.69) is 31.3 Å². The molecule has 0 bridgehead atoms. The van der Waals surface area contributed by atoms with Gasteiger partial charge in [-0.3, -0.25) is 9.59 Å². The van der Waals surface area contributed by atoms with Crippen LogP contribution in [0.5, 0.6) is 0 Å². The Kier molecular flexibility index (Phi) is 7.63. The lowest BCUT2D eigenvalue weighted by Gasteiger charge is -2.46. The van der Waals surface area contributed by atoms with Crippen LogP contribution in [0.1, 0.15) is 73.4 Å². The van der Waals surface area contributed by atoms with Gasteiger partial charge in [0.1, 0.15) is 0 Å². The first-order chi connectivity index (χ1) is 16.3. The second-order valence-electron chi connectivity index (χ2n) is 10.5. The number of piperidine rings is 1. The van der Waals surface area contributed by atoms with E-state index >= 15 is 0 Å². The van der Waals surface area contributed by atoms with Crippen molar-refractivity contribution in [1.29, 1.82) is 0 Å². The molecule has 2 N–H and O–H groups in total. The number of halogens is 1. The van der Waals surface area contributed by atoms with Crippen LogP contribution in [-0.4, -0.2) is 41.0 Å². The van der Waals surface area contributed by atoms with Crippen molar-refractivity contribution in [2.75, 3.05) is 13.1 Å². The first kappa shape index (κ1) is 24.7. The topological polar surface area (TPSA) is 69.6 Å². The van der Waals surface area contributed by atoms with Gasteiger partial charge in [0, 0.05) is 29.7 Å². The molecule has 1 saturated heterocycles. The number of benzene rings is 2. The summed E-state index contributed by atoms with van der Waals surface area (Å²) in [5.41, 5.74) is 2.44. The third kappa shape index (κ3) is 5.47. The number of nitrogens with zero attached hydrogens (tertiary/aromatic N) is 1. The van der Waals surface area contributed by atoms with Crippen LogP contribution in [0, 0.1) is 11.3 Å². The number of amides is 2. The second kappa shape index (κ2) is 10.5. The van der Waals surface area contributed by atoms with E-state index < -0.39 is 0 Å². The summed E-state index contributed by atoms with van der Waals surface area (Å²) in [7, 11) is 0. The zero-order chi connectivity index (χ0) is 24.3. The first-order valence-corrected chi connectivity index (χ1v) is 12.7. The van der Waals surface area contributed by atoms with Gasteiger partial charge in [0.05, 0.1) is 12.5 Å². The number of aliphatic hydroxyl groups is 1. The Morgan fingerprint density at radius 1 is 1.09 bits per heavy atom. The van der Waals surface area contributed by atoms with E-state index in [4.69, 9.17) is 11.6 Å². The Labute approximate surface area is 207 Å². The van der Waals surface area contributed by atoms with Gasteiger partial charge in [-0.25, -0.2) is 0 Å². The summed E-state index contributed by atoms with van der Waals surface area (Å²) in [6, 6.07) is 14.9. The number of carbonyl (C=O) groups excluding carboxylic acids is 2. The zero-order valence-corrected chi connectivity index (χ0v) is 20.9. The lowest BCUT2D eigenvalue weighted by molar-refractivity contribution is -0.141. The third-order valence-electron chi connectivity index (χ3n) is 7.58. The average molecular weight is 483 g/mol. The largest absolute Gasteiger partial charge is 0.392 e. The van der Waals surface area contributed by atoms with E-state index in [0.717, 1.165) is 43.7 Å². The maximum atomic E-state index is 13.7. The van der Waals surface area contributed by atoms with Crippen molar-refractivity contribution in [3.05, 3.63) is 70.2 Å². The maximum Gasteiger partial charge on any atom is 0.251 e. The molecule has 3 unspecified atom stereocenters. The second-order valence-corrected chi connectivity index (χ2v) is 10.9. The van der Waals surface area contributed by atoms with Crippen molar-refractivity contribution in [2.45, 2.75) is 64.5 Å². The molecule has 0 aromatic heterocycles. The molecule has 2 fully saturated rings. The third-order valence-corrected chi connectivity index (χ3v) is 7.84. The molecule has 0 radical (unpaired) electrons. The SMILES string of the molecule is CC1(C)CN(C(=O)C2CCCCC2NC(=O)c2cccc(CO)c2)CCC1c1ccc(Cl)cc1. The molecule has 1 aliphatic heterocycles. The average Bonchev–Trinajstić information content (AvgIpc) is 2.84. The van der Waals surface area contributed by atoms with Gasteiger partial charge in [0.2, 0.25) is 5.91 Å². The molecule has 1 heterocycles. The highest BCUT2D eigenvalue weighted by Gasteiger charge is 2.42. The highest BCUT2D eigenvalue weighted by Crippen LogP contribution is 2.43. The van der Waals surface area contributed by atoms with Crippen LogP contribution >= 0.6 is 11.6 Å². The minimum Gasteiger partial charge on any atom is -0.392 e. The maximum absolute atomic E-state index is 13.7. The van der Waals surface area contributed by atoms with Crippen molar-refractivity contribution in [1.82, 2.24) is 10.2 Å². The van der Waals surface area contributed by atoms with Gasteiger partial charge in [-0.2, -0.15) is 0 Å². The predicted octanol–water partition coefficient (Wildman–Crippen LogP) is 5.16. The van der Waals surface area contributed by atoms with E-state index in [1.54, 1.807) is 24.3 Å². The number of rotatable bonds is 5. The van der Waals surface area contributed by atoms with Crippen LogP contribution in [0.25, 0.3) is 0 Å². The monoisotopic (exact) mass is 482 g/mol. The van der Waals surface area contributed by atoms with E-state index in [-0.39, 0.29) is 35.8 Å². The van der Waals surface area contributed by atoms with Gasteiger partial charge in [-0.15, -0.1) is 0 Å². The van der Waals surface area contributed by atoms with Gasteiger partial charge < -0.3 is 15.3 Å². The van der Waals surface area contributed by atoms with E-state index in [0.29, 0.717) is 23.6 Å². The molecular weight excluding hydrogens is 448 g/mol. The van der Waals surface area contributed by atoms with Crippen molar-refractivity contribution in [3.63, 3.8) is 0 Å². The van der Waals surface area contributed by atoms with Crippen LogP contribution in [0.4, 0.5) is 0 Å². The smallest absolute Gasteiger partial charge is 0.251 e. The summed E-state index contributed by atoms with van der Waals surface area (Å²) >= 11 is 6.08. The number of likely N-dealkylation sites (tertiary alicyclic amines) is 1. The van der Waals surface area contributed by atoms with Crippen molar-refractivity contribution >= 4 is 23.4 Å². The fraction of sp³-hybridized carbons (Fsp3) is 0.500. The van der Waals surface area contributed by atoms with E-state index in [9.17, 15) is 14.7 Å². The number of hydrogen-bond acceptors (Lipinski definition) is 3. The normalized spacial score (nSPS) is 24.5. The molecule has 0 spiro atoms. The number of aliphatic hydroxyl groups excluding tert-OH is 1. The molecule has 2 aliphatic rings. The molecule has 2 amide bonds. The quantitative estimate of drug-likeness (QED) is 0.618.